The van der Waals surface area contributed by atoms with Crippen LogP contribution in [-0.2, 0) is 14.3 Å². The van der Waals surface area contributed by atoms with E-state index < -0.39 is 6.29 Å². The minimum Gasteiger partial charge on any atom is -0.428 e. The Morgan fingerprint density at radius 2 is 2.44 bits per heavy atom. The largest absolute Gasteiger partial charge is 0.428 e. The molecule has 0 saturated carbocycles. The zero-order valence-electron chi connectivity index (χ0n) is 5.38. The number of esters is 1. The van der Waals surface area contributed by atoms with Crippen LogP contribution in [0.2, 0.25) is 0 Å². The minimum absolute atomic E-state index is 0.320. The standard InChI is InChI=1S/C6H8O3/c1-4-3-5(7)9-6(4)8-2/h3,6H,1-2H3. The van der Waals surface area contributed by atoms with E-state index in [9.17, 15) is 4.79 Å². The normalized spacial score (nSPS) is 25.8. The molecule has 50 valence electrons. The van der Waals surface area contributed by atoms with Gasteiger partial charge in [0.1, 0.15) is 0 Å². The number of rotatable bonds is 1. The molecule has 0 fully saturated rings. The number of methoxy groups -OCH3 is 1. The Morgan fingerprint density at radius 3 is 2.67 bits per heavy atom. The van der Waals surface area contributed by atoms with Gasteiger partial charge in [0.15, 0.2) is 0 Å². The molecule has 1 heterocycles. The predicted octanol–water partition coefficient (Wildman–Crippen LogP) is 0.462. The lowest BCUT2D eigenvalue weighted by molar-refractivity contribution is -0.155. The third-order valence-electron chi connectivity index (χ3n) is 1.15. The van der Waals surface area contributed by atoms with E-state index in [1.54, 1.807) is 6.92 Å². The van der Waals surface area contributed by atoms with E-state index >= 15 is 0 Å². The van der Waals surface area contributed by atoms with E-state index in [1.807, 2.05) is 0 Å². The van der Waals surface area contributed by atoms with Crippen LogP contribution in [0.1, 0.15) is 6.92 Å². The fraction of sp³-hybridized carbons (Fsp3) is 0.500. The summed E-state index contributed by atoms with van der Waals surface area (Å²) in [6, 6.07) is 0. The second-order valence-electron chi connectivity index (χ2n) is 1.89. The van der Waals surface area contributed by atoms with Gasteiger partial charge in [-0.1, -0.05) is 0 Å². The lowest BCUT2D eigenvalue weighted by Gasteiger charge is -2.07. The van der Waals surface area contributed by atoms with E-state index in [4.69, 9.17) is 4.74 Å². The summed E-state index contributed by atoms with van der Waals surface area (Å²) in [4.78, 5) is 10.4. The topological polar surface area (TPSA) is 35.5 Å². The smallest absolute Gasteiger partial charge is 0.333 e. The summed E-state index contributed by atoms with van der Waals surface area (Å²) in [5.41, 5.74) is 0.822. The summed E-state index contributed by atoms with van der Waals surface area (Å²) in [6.07, 6.45) is 0.978. The van der Waals surface area contributed by atoms with Crippen molar-refractivity contribution in [2.45, 2.75) is 13.2 Å². The van der Waals surface area contributed by atoms with Crippen LogP contribution in [0.4, 0.5) is 0 Å². The first-order valence-electron chi connectivity index (χ1n) is 2.65. The molecule has 1 unspecified atom stereocenters. The molecule has 0 aliphatic carbocycles. The maximum atomic E-state index is 10.4. The summed E-state index contributed by atoms with van der Waals surface area (Å²) in [7, 11) is 1.50. The van der Waals surface area contributed by atoms with Gasteiger partial charge in [0, 0.05) is 18.8 Å². The second-order valence-corrected chi connectivity index (χ2v) is 1.89. The van der Waals surface area contributed by atoms with Gasteiger partial charge in [-0.3, -0.25) is 0 Å². The number of hydrogen-bond acceptors (Lipinski definition) is 3. The van der Waals surface area contributed by atoms with Crippen LogP contribution in [0.15, 0.2) is 11.6 Å². The number of carbonyl (C=O) groups is 1. The lowest BCUT2D eigenvalue weighted by Crippen LogP contribution is -2.12. The Labute approximate surface area is 53.3 Å². The Morgan fingerprint density at radius 1 is 1.78 bits per heavy atom. The van der Waals surface area contributed by atoms with Crippen molar-refractivity contribution in [3.8, 4) is 0 Å². The van der Waals surface area contributed by atoms with Crippen LogP contribution in [0.25, 0.3) is 0 Å². The highest BCUT2D eigenvalue weighted by Crippen LogP contribution is 2.14. The van der Waals surface area contributed by atoms with Crippen molar-refractivity contribution in [2.24, 2.45) is 0 Å². The average molecular weight is 128 g/mol. The van der Waals surface area contributed by atoms with Crippen LogP contribution < -0.4 is 0 Å². The summed E-state index contributed by atoms with van der Waals surface area (Å²) in [5, 5.41) is 0. The van der Waals surface area contributed by atoms with Gasteiger partial charge in [0.2, 0.25) is 6.29 Å². The average Bonchev–Trinajstić information content (AvgIpc) is 2.10. The molecule has 0 aromatic carbocycles. The Kier molecular flexibility index (Phi) is 1.53. The van der Waals surface area contributed by atoms with Gasteiger partial charge in [-0.15, -0.1) is 0 Å². The molecule has 0 N–H and O–H groups in total. The van der Waals surface area contributed by atoms with E-state index in [2.05, 4.69) is 4.74 Å². The molecule has 1 rings (SSSR count). The number of ether oxygens (including phenoxy) is 2. The molecule has 3 heteroatoms. The summed E-state index contributed by atoms with van der Waals surface area (Å²) >= 11 is 0. The van der Waals surface area contributed by atoms with Crippen molar-refractivity contribution in [3.05, 3.63) is 11.6 Å². The van der Waals surface area contributed by atoms with E-state index in [0.29, 0.717) is 0 Å². The molecule has 1 aliphatic rings. The Bertz CT molecular complexity index is 160. The molecule has 1 atom stereocenters. The van der Waals surface area contributed by atoms with E-state index in [-0.39, 0.29) is 5.97 Å². The molecule has 0 bridgehead atoms. The maximum Gasteiger partial charge on any atom is 0.333 e. The highest BCUT2D eigenvalue weighted by molar-refractivity contribution is 5.85. The third-order valence-corrected chi connectivity index (χ3v) is 1.15. The molecule has 1 aliphatic heterocycles. The van der Waals surface area contributed by atoms with Gasteiger partial charge >= 0.3 is 5.97 Å². The Balaban J connectivity index is 2.64. The van der Waals surface area contributed by atoms with Crippen LogP contribution >= 0.6 is 0 Å². The van der Waals surface area contributed by atoms with Gasteiger partial charge in [0.25, 0.3) is 0 Å². The number of carbonyl (C=O) groups excluding carboxylic acids is 1. The predicted molar refractivity (Wildman–Crippen MR) is 30.6 cm³/mol. The van der Waals surface area contributed by atoms with Crippen LogP contribution in [0.3, 0.4) is 0 Å². The van der Waals surface area contributed by atoms with Gasteiger partial charge in [-0.05, 0) is 6.92 Å². The molecule has 0 amide bonds. The van der Waals surface area contributed by atoms with E-state index in [0.717, 1.165) is 5.57 Å². The first-order chi connectivity index (χ1) is 4.24. The van der Waals surface area contributed by atoms with Gasteiger partial charge in [-0.25, -0.2) is 4.79 Å². The van der Waals surface area contributed by atoms with Crippen LogP contribution in [-0.4, -0.2) is 19.4 Å². The third kappa shape index (κ3) is 1.10. The van der Waals surface area contributed by atoms with Crippen molar-refractivity contribution in [2.75, 3.05) is 7.11 Å². The zero-order chi connectivity index (χ0) is 6.85. The zero-order valence-corrected chi connectivity index (χ0v) is 5.38. The molecule has 3 nitrogen and oxygen atoms in total. The fourth-order valence-electron chi connectivity index (χ4n) is 0.720. The molecular weight excluding hydrogens is 120 g/mol. The van der Waals surface area contributed by atoms with Crippen molar-refractivity contribution < 1.29 is 14.3 Å². The van der Waals surface area contributed by atoms with Gasteiger partial charge in [-0.2, -0.15) is 0 Å². The van der Waals surface area contributed by atoms with Gasteiger partial charge in [0.05, 0.1) is 0 Å². The minimum atomic E-state index is -0.447. The molecule has 0 spiro atoms. The van der Waals surface area contributed by atoms with E-state index in [1.165, 1.54) is 13.2 Å². The van der Waals surface area contributed by atoms with Crippen molar-refractivity contribution in [1.82, 2.24) is 0 Å². The molecular formula is C6H8O3. The lowest BCUT2D eigenvalue weighted by atomic mass is 10.3. The molecule has 9 heavy (non-hydrogen) atoms. The quantitative estimate of drug-likeness (QED) is 0.481. The molecule has 0 aromatic heterocycles. The SMILES string of the molecule is COC1OC(=O)C=C1C. The van der Waals surface area contributed by atoms with Crippen molar-refractivity contribution in [1.29, 1.82) is 0 Å². The van der Waals surface area contributed by atoms with Crippen molar-refractivity contribution >= 4 is 5.97 Å². The highest BCUT2D eigenvalue weighted by atomic mass is 16.7. The first kappa shape index (κ1) is 6.29. The summed E-state index contributed by atoms with van der Waals surface area (Å²) in [5.74, 6) is -0.320. The maximum absolute atomic E-state index is 10.4. The summed E-state index contributed by atoms with van der Waals surface area (Å²) < 4.78 is 9.45. The van der Waals surface area contributed by atoms with Gasteiger partial charge < -0.3 is 9.47 Å². The highest BCUT2D eigenvalue weighted by Gasteiger charge is 2.21. The summed E-state index contributed by atoms with van der Waals surface area (Å²) in [6.45, 7) is 1.79. The first-order valence-corrected chi connectivity index (χ1v) is 2.65. The fourth-order valence-corrected chi connectivity index (χ4v) is 0.720. The van der Waals surface area contributed by atoms with Crippen LogP contribution in [0, 0.1) is 0 Å². The monoisotopic (exact) mass is 128 g/mol. The number of cyclic esters (lactones) is 1. The molecule has 0 aromatic rings. The molecule has 0 radical (unpaired) electrons. The second kappa shape index (κ2) is 2.19. The Hall–Kier alpha value is -0.830. The number of hydrogen-bond donors (Lipinski definition) is 0. The molecule has 0 saturated heterocycles. The van der Waals surface area contributed by atoms with Crippen molar-refractivity contribution in [3.63, 3.8) is 0 Å². The van der Waals surface area contributed by atoms with Crippen LogP contribution in [0.5, 0.6) is 0 Å².